The lowest BCUT2D eigenvalue weighted by molar-refractivity contribution is -0.127. The number of carbonyl (C=O) groups is 2. The molecule has 1 heterocycles. The molecule has 0 bridgehead atoms. The molecule has 3 atom stereocenters. The number of fused-ring (bicyclic) bond motifs is 1. The number of nitrogens with one attached hydrogen (secondary N) is 3. The van der Waals surface area contributed by atoms with Crippen molar-refractivity contribution < 1.29 is 14.3 Å². The molecule has 1 saturated heterocycles. The Kier molecular flexibility index (Phi) is 5.58. The van der Waals surface area contributed by atoms with Crippen molar-refractivity contribution in [3.05, 3.63) is 60.2 Å². The number of hydrogen-bond donors (Lipinski definition) is 3. The first-order valence-electron chi connectivity index (χ1n) is 9.84. The van der Waals surface area contributed by atoms with E-state index in [4.69, 9.17) is 4.74 Å². The fraction of sp³-hybridized carbons (Fsp3) is 0.364. The molecule has 3 N–H and O–H groups in total. The molecular weight excluding hydrogens is 354 g/mol. The topological polar surface area (TPSA) is 79.5 Å². The Hall–Kier alpha value is -2.86. The van der Waals surface area contributed by atoms with E-state index in [9.17, 15) is 9.59 Å². The largest absolute Gasteiger partial charge is 0.484 e. The highest BCUT2D eigenvalue weighted by Crippen LogP contribution is 2.30. The first-order chi connectivity index (χ1) is 13.7. The molecule has 0 aromatic heterocycles. The minimum atomic E-state index is -0.467. The van der Waals surface area contributed by atoms with Crippen LogP contribution in [0.5, 0.6) is 5.75 Å². The van der Waals surface area contributed by atoms with Crippen LogP contribution in [0.25, 0.3) is 0 Å². The quantitative estimate of drug-likeness (QED) is 0.746. The van der Waals surface area contributed by atoms with E-state index in [0.29, 0.717) is 11.4 Å². The van der Waals surface area contributed by atoms with Gasteiger partial charge in [-0.15, -0.1) is 0 Å². The van der Waals surface area contributed by atoms with Crippen molar-refractivity contribution in [3.63, 3.8) is 0 Å². The molecule has 28 heavy (non-hydrogen) atoms. The van der Waals surface area contributed by atoms with Gasteiger partial charge in [0.2, 0.25) is 5.91 Å². The van der Waals surface area contributed by atoms with E-state index in [2.05, 4.69) is 16.0 Å². The van der Waals surface area contributed by atoms with Crippen molar-refractivity contribution in [1.82, 2.24) is 10.6 Å². The lowest BCUT2D eigenvalue weighted by Gasteiger charge is -2.41. The van der Waals surface area contributed by atoms with Crippen molar-refractivity contribution in [2.75, 3.05) is 11.9 Å². The number of rotatable bonds is 5. The maximum atomic E-state index is 12.7. The number of carbonyl (C=O) groups excluding carboxylic acids is 2. The van der Waals surface area contributed by atoms with Crippen molar-refractivity contribution in [2.45, 2.75) is 43.8 Å². The summed E-state index contributed by atoms with van der Waals surface area (Å²) in [5.41, 5.74) is 1.41. The number of piperazine rings is 1. The van der Waals surface area contributed by atoms with Crippen LogP contribution in [0.2, 0.25) is 0 Å². The molecule has 1 aliphatic heterocycles. The highest BCUT2D eigenvalue weighted by atomic mass is 16.5. The van der Waals surface area contributed by atoms with E-state index in [-0.39, 0.29) is 30.5 Å². The van der Waals surface area contributed by atoms with Crippen molar-refractivity contribution in [1.29, 1.82) is 0 Å². The molecule has 6 heteroatoms. The van der Waals surface area contributed by atoms with Gasteiger partial charge in [0, 0.05) is 23.3 Å². The summed E-state index contributed by atoms with van der Waals surface area (Å²) in [5.74, 6) is 0.344. The zero-order valence-electron chi connectivity index (χ0n) is 15.7. The van der Waals surface area contributed by atoms with Gasteiger partial charge in [-0.2, -0.15) is 0 Å². The number of benzene rings is 2. The molecule has 0 radical (unpaired) electrons. The van der Waals surface area contributed by atoms with Crippen LogP contribution >= 0.6 is 0 Å². The third-order valence-electron chi connectivity index (χ3n) is 5.40. The summed E-state index contributed by atoms with van der Waals surface area (Å²) in [6.45, 7) is -0.0899. The second-order valence-electron chi connectivity index (χ2n) is 7.34. The van der Waals surface area contributed by atoms with Crippen LogP contribution in [0.3, 0.4) is 0 Å². The van der Waals surface area contributed by atoms with Gasteiger partial charge in [0.05, 0.1) is 0 Å². The lowest BCUT2D eigenvalue weighted by Crippen LogP contribution is -2.61. The van der Waals surface area contributed by atoms with Crippen LogP contribution in [0, 0.1) is 0 Å². The Morgan fingerprint density at radius 2 is 1.71 bits per heavy atom. The second kappa shape index (κ2) is 8.44. The number of para-hydroxylation sites is 2. The average molecular weight is 379 g/mol. The molecule has 146 valence electrons. The predicted molar refractivity (Wildman–Crippen MR) is 107 cm³/mol. The lowest BCUT2D eigenvalue weighted by atomic mass is 9.86. The SMILES string of the molecule is O=C(COc1ccccc1)Nc1ccccc1C1NC2CCCCC2NC1=O. The van der Waals surface area contributed by atoms with Crippen LogP contribution in [-0.4, -0.2) is 30.5 Å². The molecule has 6 nitrogen and oxygen atoms in total. The first kappa shape index (κ1) is 18.5. The molecule has 2 aliphatic rings. The van der Waals surface area contributed by atoms with Gasteiger partial charge in [0.15, 0.2) is 6.61 Å². The normalized spacial score (nSPS) is 24.0. The van der Waals surface area contributed by atoms with Gasteiger partial charge in [0.1, 0.15) is 11.8 Å². The molecular formula is C22H25N3O3. The van der Waals surface area contributed by atoms with Gasteiger partial charge >= 0.3 is 0 Å². The fourth-order valence-electron chi connectivity index (χ4n) is 4.00. The van der Waals surface area contributed by atoms with E-state index in [0.717, 1.165) is 24.8 Å². The number of hydrogen-bond acceptors (Lipinski definition) is 4. The van der Waals surface area contributed by atoms with Crippen LogP contribution in [-0.2, 0) is 9.59 Å². The molecule has 2 amide bonds. The minimum Gasteiger partial charge on any atom is -0.484 e. The summed E-state index contributed by atoms with van der Waals surface area (Å²) >= 11 is 0. The highest BCUT2D eigenvalue weighted by molar-refractivity contribution is 5.94. The Labute approximate surface area is 164 Å². The van der Waals surface area contributed by atoms with Gasteiger partial charge in [-0.1, -0.05) is 49.2 Å². The summed E-state index contributed by atoms with van der Waals surface area (Å²) in [5, 5.41) is 9.54. The highest BCUT2D eigenvalue weighted by Gasteiger charge is 2.37. The van der Waals surface area contributed by atoms with E-state index in [1.807, 2.05) is 42.5 Å². The molecule has 3 unspecified atom stereocenters. The summed E-state index contributed by atoms with van der Waals surface area (Å²) in [4.78, 5) is 25.1. The maximum Gasteiger partial charge on any atom is 0.262 e. The third-order valence-corrected chi connectivity index (χ3v) is 5.40. The first-order valence-corrected chi connectivity index (χ1v) is 9.84. The Morgan fingerprint density at radius 1 is 1.00 bits per heavy atom. The average Bonchev–Trinajstić information content (AvgIpc) is 2.73. The molecule has 2 fully saturated rings. The van der Waals surface area contributed by atoms with Crippen molar-refractivity contribution >= 4 is 17.5 Å². The van der Waals surface area contributed by atoms with Crippen LogP contribution in [0.4, 0.5) is 5.69 Å². The van der Waals surface area contributed by atoms with E-state index in [1.165, 1.54) is 6.42 Å². The zero-order chi connectivity index (χ0) is 19.3. The van der Waals surface area contributed by atoms with Gasteiger partial charge in [-0.25, -0.2) is 0 Å². The number of amides is 2. The molecule has 2 aromatic rings. The van der Waals surface area contributed by atoms with Crippen LogP contribution < -0.4 is 20.7 Å². The van der Waals surface area contributed by atoms with Gasteiger partial charge in [-0.3, -0.25) is 14.9 Å². The Bertz CT molecular complexity index is 840. The number of anilines is 1. The van der Waals surface area contributed by atoms with Crippen LogP contribution in [0.1, 0.15) is 37.3 Å². The van der Waals surface area contributed by atoms with E-state index in [1.54, 1.807) is 12.1 Å². The van der Waals surface area contributed by atoms with E-state index < -0.39 is 6.04 Å². The van der Waals surface area contributed by atoms with Gasteiger partial charge in [-0.05, 0) is 31.0 Å². The van der Waals surface area contributed by atoms with Gasteiger partial charge in [0.25, 0.3) is 5.91 Å². The third kappa shape index (κ3) is 4.17. The van der Waals surface area contributed by atoms with E-state index >= 15 is 0 Å². The summed E-state index contributed by atoms with van der Waals surface area (Å²) in [7, 11) is 0. The molecule has 1 saturated carbocycles. The zero-order valence-corrected chi connectivity index (χ0v) is 15.7. The number of ether oxygens (including phenoxy) is 1. The summed E-state index contributed by atoms with van der Waals surface area (Å²) in [6.07, 6.45) is 4.40. The standard InChI is InChI=1S/C22H25N3O3/c26-20(14-28-15-8-2-1-3-9-15)23-17-11-5-4-10-16(17)21-22(27)25-19-13-7-6-12-18(19)24-21/h1-5,8-11,18-19,21,24H,6-7,12-14H2,(H,23,26)(H,25,27). The Balaban J connectivity index is 1.44. The molecule has 4 rings (SSSR count). The summed E-state index contributed by atoms with van der Waals surface area (Å²) < 4.78 is 5.51. The monoisotopic (exact) mass is 379 g/mol. The molecule has 2 aromatic carbocycles. The second-order valence-corrected chi connectivity index (χ2v) is 7.34. The minimum absolute atomic E-state index is 0.0367. The predicted octanol–water partition coefficient (Wildman–Crippen LogP) is 2.78. The fourth-order valence-corrected chi connectivity index (χ4v) is 4.00. The maximum absolute atomic E-state index is 12.7. The van der Waals surface area contributed by atoms with Crippen molar-refractivity contribution in [3.8, 4) is 5.75 Å². The molecule has 1 aliphatic carbocycles. The summed E-state index contributed by atoms with van der Waals surface area (Å²) in [6, 6.07) is 16.7. The van der Waals surface area contributed by atoms with Gasteiger partial charge < -0.3 is 15.4 Å². The molecule has 0 spiro atoms. The Morgan fingerprint density at radius 3 is 2.54 bits per heavy atom. The smallest absolute Gasteiger partial charge is 0.262 e. The van der Waals surface area contributed by atoms with Crippen molar-refractivity contribution in [2.24, 2.45) is 0 Å². The van der Waals surface area contributed by atoms with Crippen LogP contribution in [0.15, 0.2) is 54.6 Å².